The molecule has 0 spiro atoms. The second-order valence-corrected chi connectivity index (χ2v) is 5.35. The number of alkyl halides is 1. The third kappa shape index (κ3) is 6.89. The summed E-state index contributed by atoms with van der Waals surface area (Å²) in [5.41, 5.74) is 0. The lowest BCUT2D eigenvalue weighted by Gasteiger charge is -2.31. The number of unbranched alkanes of at least 4 members (excludes halogenated alkanes) is 2. The van der Waals surface area contributed by atoms with E-state index in [0.29, 0.717) is 5.92 Å². The molecule has 1 N–H and O–H groups in total. The van der Waals surface area contributed by atoms with Crippen LogP contribution in [0, 0.1) is 5.92 Å². The fourth-order valence-electron chi connectivity index (χ4n) is 2.31. The number of nitrogens with one attached hydrogen (secondary N) is 1. The molecule has 1 amide bonds. The molecule has 0 aliphatic carbocycles. The lowest BCUT2D eigenvalue weighted by molar-refractivity contribution is -0.119. The van der Waals surface area contributed by atoms with Gasteiger partial charge in [-0.05, 0) is 51.2 Å². The lowest BCUT2D eigenvalue weighted by atomic mass is 9.96. The average Bonchev–Trinajstić information content (AvgIpc) is 2.33. The highest BCUT2D eigenvalue weighted by Gasteiger charge is 2.18. The maximum atomic E-state index is 10.8. The van der Waals surface area contributed by atoms with Crippen LogP contribution in [0.4, 0.5) is 0 Å². The van der Waals surface area contributed by atoms with Crippen LogP contribution in [0.25, 0.3) is 0 Å². The highest BCUT2D eigenvalue weighted by molar-refractivity contribution is 6.17. The van der Waals surface area contributed by atoms with Gasteiger partial charge in [0.2, 0.25) is 5.91 Å². The van der Waals surface area contributed by atoms with Crippen LogP contribution in [0.3, 0.4) is 0 Å². The van der Waals surface area contributed by atoms with Crippen molar-refractivity contribution < 1.29 is 4.79 Å². The summed E-state index contributed by atoms with van der Waals surface area (Å²) in [4.78, 5) is 13.4. The van der Waals surface area contributed by atoms with E-state index in [2.05, 4.69) is 10.2 Å². The minimum Gasteiger partial charge on any atom is -0.356 e. The summed E-state index contributed by atoms with van der Waals surface area (Å²) in [6.45, 7) is 6.03. The summed E-state index contributed by atoms with van der Waals surface area (Å²) < 4.78 is 0. The number of piperidine rings is 1. The SMILES string of the molecule is CC(=O)NCC1CCN(CCCCCCl)CC1. The number of likely N-dealkylation sites (tertiary alicyclic amines) is 1. The fourth-order valence-corrected chi connectivity index (χ4v) is 2.50. The molecular formula is C13H25ClN2O. The van der Waals surface area contributed by atoms with Gasteiger partial charge in [0.1, 0.15) is 0 Å². The Labute approximate surface area is 110 Å². The summed E-state index contributed by atoms with van der Waals surface area (Å²) in [7, 11) is 0. The van der Waals surface area contributed by atoms with Crippen LogP contribution in [-0.2, 0) is 4.79 Å². The van der Waals surface area contributed by atoms with Crippen LogP contribution in [0.1, 0.15) is 39.0 Å². The predicted molar refractivity (Wildman–Crippen MR) is 72.4 cm³/mol. The Morgan fingerprint density at radius 1 is 1.29 bits per heavy atom. The Bertz CT molecular complexity index is 215. The number of hydrogen-bond donors (Lipinski definition) is 1. The molecule has 0 aromatic heterocycles. The quantitative estimate of drug-likeness (QED) is 0.563. The molecule has 100 valence electrons. The van der Waals surface area contributed by atoms with Crippen LogP contribution < -0.4 is 5.32 Å². The standard InChI is InChI=1S/C13H25ClN2O/c1-12(17)15-11-13-5-9-16(10-6-13)8-4-2-3-7-14/h13H,2-11H2,1H3,(H,15,17). The zero-order valence-electron chi connectivity index (χ0n) is 10.9. The summed E-state index contributed by atoms with van der Waals surface area (Å²) >= 11 is 5.65. The molecule has 0 aromatic carbocycles. The first-order chi connectivity index (χ1) is 8.22. The number of amides is 1. The highest BCUT2D eigenvalue weighted by Crippen LogP contribution is 2.16. The largest absolute Gasteiger partial charge is 0.356 e. The van der Waals surface area contributed by atoms with Gasteiger partial charge in [0.15, 0.2) is 0 Å². The van der Waals surface area contributed by atoms with Gasteiger partial charge in [0.25, 0.3) is 0 Å². The number of carbonyl (C=O) groups excluding carboxylic acids is 1. The molecule has 3 nitrogen and oxygen atoms in total. The fraction of sp³-hybridized carbons (Fsp3) is 0.923. The highest BCUT2D eigenvalue weighted by atomic mass is 35.5. The first-order valence-corrected chi connectivity index (χ1v) is 7.28. The normalized spacial score (nSPS) is 18.2. The van der Waals surface area contributed by atoms with E-state index in [9.17, 15) is 4.79 Å². The number of halogens is 1. The molecule has 1 aliphatic heterocycles. The molecule has 0 bridgehead atoms. The molecule has 1 aliphatic rings. The topological polar surface area (TPSA) is 32.3 Å². The van der Waals surface area contributed by atoms with Gasteiger partial charge in [-0.2, -0.15) is 0 Å². The van der Waals surface area contributed by atoms with Gasteiger partial charge in [-0.1, -0.05) is 6.42 Å². The molecule has 1 fully saturated rings. The van der Waals surface area contributed by atoms with E-state index < -0.39 is 0 Å². The number of carbonyl (C=O) groups is 1. The molecule has 0 atom stereocenters. The zero-order valence-corrected chi connectivity index (χ0v) is 11.6. The number of nitrogens with zero attached hydrogens (tertiary/aromatic N) is 1. The molecule has 1 heterocycles. The van der Waals surface area contributed by atoms with Crippen molar-refractivity contribution >= 4 is 17.5 Å². The molecule has 0 aromatic rings. The first kappa shape index (κ1) is 14.8. The molecule has 1 rings (SSSR count). The third-order valence-corrected chi connectivity index (χ3v) is 3.72. The molecule has 1 saturated heterocycles. The Balaban J connectivity index is 2.03. The molecule has 0 saturated carbocycles. The Hall–Kier alpha value is -0.280. The van der Waals surface area contributed by atoms with Gasteiger partial charge in [0, 0.05) is 19.3 Å². The summed E-state index contributed by atoms with van der Waals surface area (Å²) in [5.74, 6) is 1.56. The van der Waals surface area contributed by atoms with E-state index in [1.807, 2.05) is 0 Å². The zero-order chi connectivity index (χ0) is 12.5. The van der Waals surface area contributed by atoms with Crippen molar-refractivity contribution in [3.8, 4) is 0 Å². The second kappa shape index (κ2) is 8.76. The summed E-state index contributed by atoms with van der Waals surface area (Å²) in [5, 5.41) is 2.92. The van der Waals surface area contributed by atoms with E-state index in [1.165, 1.54) is 45.3 Å². The maximum Gasteiger partial charge on any atom is 0.216 e. The van der Waals surface area contributed by atoms with Gasteiger partial charge in [-0.25, -0.2) is 0 Å². The van der Waals surface area contributed by atoms with E-state index in [0.717, 1.165) is 18.8 Å². The van der Waals surface area contributed by atoms with Crippen LogP contribution in [0.15, 0.2) is 0 Å². The van der Waals surface area contributed by atoms with E-state index in [1.54, 1.807) is 6.92 Å². The van der Waals surface area contributed by atoms with E-state index >= 15 is 0 Å². The summed E-state index contributed by atoms with van der Waals surface area (Å²) in [6.07, 6.45) is 6.09. The smallest absolute Gasteiger partial charge is 0.216 e. The molecule has 0 radical (unpaired) electrons. The van der Waals surface area contributed by atoms with Gasteiger partial charge in [0.05, 0.1) is 0 Å². The predicted octanol–water partition coefficient (Wildman–Crippen LogP) is 2.24. The van der Waals surface area contributed by atoms with E-state index in [-0.39, 0.29) is 5.91 Å². The van der Waals surface area contributed by atoms with Crippen LogP contribution in [0.5, 0.6) is 0 Å². The molecular weight excluding hydrogens is 236 g/mol. The Morgan fingerprint density at radius 3 is 2.59 bits per heavy atom. The lowest BCUT2D eigenvalue weighted by Crippen LogP contribution is -2.38. The monoisotopic (exact) mass is 260 g/mol. The van der Waals surface area contributed by atoms with Crippen molar-refractivity contribution in [1.82, 2.24) is 10.2 Å². The maximum absolute atomic E-state index is 10.8. The van der Waals surface area contributed by atoms with Gasteiger partial charge >= 0.3 is 0 Å². The van der Waals surface area contributed by atoms with Crippen LogP contribution in [0.2, 0.25) is 0 Å². The molecule has 0 unspecified atom stereocenters. The van der Waals surface area contributed by atoms with Crippen LogP contribution >= 0.6 is 11.6 Å². The van der Waals surface area contributed by atoms with E-state index in [4.69, 9.17) is 11.6 Å². The minimum atomic E-state index is 0.0912. The first-order valence-electron chi connectivity index (χ1n) is 6.75. The van der Waals surface area contributed by atoms with Crippen molar-refractivity contribution in [2.24, 2.45) is 5.92 Å². The van der Waals surface area contributed by atoms with Crippen molar-refractivity contribution in [3.63, 3.8) is 0 Å². The van der Waals surface area contributed by atoms with Crippen LogP contribution in [-0.4, -0.2) is 42.9 Å². The van der Waals surface area contributed by atoms with Crippen molar-refractivity contribution in [2.75, 3.05) is 32.1 Å². The van der Waals surface area contributed by atoms with Gasteiger partial charge in [-0.15, -0.1) is 11.6 Å². The Morgan fingerprint density at radius 2 is 2.00 bits per heavy atom. The number of hydrogen-bond acceptors (Lipinski definition) is 2. The third-order valence-electron chi connectivity index (χ3n) is 3.45. The Kier molecular flexibility index (Phi) is 7.62. The minimum absolute atomic E-state index is 0.0912. The van der Waals surface area contributed by atoms with Crippen molar-refractivity contribution in [3.05, 3.63) is 0 Å². The summed E-state index contributed by atoms with van der Waals surface area (Å²) in [6, 6.07) is 0. The average molecular weight is 261 g/mol. The second-order valence-electron chi connectivity index (χ2n) is 4.97. The van der Waals surface area contributed by atoms with Crippen molar-refractivity contribution in [2.45, 2.75) is 39.0 Å². The molecule has 17 heavy (non-hydrogen) atoms. The van der Waals surface area contributed by atoms with Crippen molar-refractivity contribution in [1.29, 1.82) is 0 Å². The number of rotatable bonds is 7. The van der Waals surface area contributed by atoms with Gasteiger partial charge < -0.3 is 10.2 Å². The van der Waals surface area contributed by atoms with Gasteiger partial charge in [-0.3, -0.25) is 4.79 Å². The molecule has 4 heteroatoms.